The molecule has 8 heteroatoms. The molecule has 128 valence electrons. The van der Waals surface area contributed by atoms with Crippen molar-refractivity contribution in [2.45, 2.75) is 26.2 Å². The van der Waals surface area contributed by atoms with E-state index in [1.54, 1.807) is 12.1 Å². The van der Waals surface area contributed by atoms with Crippen molar-refractivity contribution in [1.29, 1.82) is 0 Å². The fourth-order valence-corrected chi connectivity index (χ4v) is 3.37. The Labute approximate surface area is 139 Å². The predicted molar refractivity (Wildman–Crippen MR) is 86.5 cm³/mol. The first-order chi connectivity index (χ1) is 11.4. The molecule has 2 aliphatic rings. The second kappa shape index (κ2) is 6.10. The van der Waals surface area contributed by atoms with Crippen molar-refractivity contribution in [2.24, 2.45) is 11.3 Å². The fraction of sp³-hybridized carbons (Fsp3) is 0.500. The van der Waals surface area contributed by atoms with E-state index in [1.807, 2.05) is 0 Å². The van der Waals surface area contributed by atoms with Crippen LogP contribution in [0.25, 0.3) is 0 Å². The van der Waals surface area contributed by atoms with Crippen LogP contribution in [0.4, 0.5) is 16.3 Å². The molecule has 2 heterocycles. The summed E-state index contributed by atoms with van der Waals surface area (Å²) in [7, 11) is 0. The Bertz CT molecular complexity index is 665. The topological polar surface area (TPSA) is 112 Å². The molecule has 1 saturated heterocycles. The number of carbonyl (C=O) groups is 3. The molecular weight excluding hydrogens is 312 g/mol. The van der Waals surface area contributed by atoms with Gasteiger partial charge in [-0.2, -0.15) is 0 Å². The number of nitrogens with one attached hydrogen (secondary N) is 2. The highest BCUT2D eigenvalue weighted by molar-refractivity contribution is 5.95. The average Bonchev–Trinajstić information content (AvgIpc) is 3.23. The third-order valence-corrected chi connectivity index (χ3v) is 4.87. The third kappa shape index (κ3) is 3.32. The van der Waals surface area contributed by atoms with Crippen LogP contribution in [-0.4, -0.2) is 46.0 Å². The van der Waals surface area contributed by atoms with E-state index in [4.69, 9.17) is 5.11 Å². The van der Waals surface area contributed by atoms with Gasteiger partial charge in [-0.05, 0) is 36.8 Å². The first kappa shape index (κ1) is 16.2. The van der Waals surface area contributed by atoms with Gasteiger partial charge in [0, 0.05) is 25.9 Å². The summed E-state index contributed by atoms with van der Waals surface area (Å²) in [6.45, 7) is 2.39. The van der Waals surface area contributed by atoms with Gasteiger partial charge in [-0.15, -0.1) is 0 Å². The van der Waals surface area contributed by atoms with Gasteiger partial charge in [0.2, 0.25) is 11.8 Å². The number of aromatic nitrogens is 1. The molecule has 2 fully saturated rings. The molecule has 1 aliphatic heterocycles. The van der Waals surface area contributed by atoms with Crippen molar-refractivity contribution in [3.8, 4) is 0 Å². The minimum Gasteiger partial charge on any atom is -0.465 e. The molecule has 8 nitrogen and oxygen atoms in total. The van der Waals surface area contributed by atoms with E-state index in [2.05, 4.69) is 15.6 Å². The normalized spacial score (nSPS) is 21.2. The Morgan fingerprint density at radius 3 is 2.50 bits per heavy atom. The van der Waals surface area contributed by atoms with Crippen molar-refractivity contribution in [1.82, 2.24) is 9.88 Å². The number of carbonyl (C=O) groups excluding carboxylic acids is 2. The number of rotatable bonds is 3. The Balaban J connectivity index is 1.53. The number of piperidine rings is 1. The summed E-state index contributed by atoms with van der Waals surface area (Å²) < 4.78 is 0. The van der Waals surface area contributed by atoms with Gasteiger partial charge in [0.15, 0.2) is 0 Å². The van der Waals surface area contributed by atoms with Gasteiger partial charge < -0.3 is 20.6 Å². The molecule has 0 bridgehead atoms. The average molecular weight is 332 g/mol. The van der Waals surface area contributed by atoms with E-state index < -0.39 is 6.09 Å². The van der Waals surface area contributed by atoms with Crippen molar-refractivity contribution in [2.75, 3.05) is 23.7 Å². The Hall–Kier alpha value is -2.64. The molecule has 1 aromatic rings. The first-order valence-electron chi connectivity index (χ1n) is 7.92. The maximum atomic E-state index is 12.4. The van der Waals surface area contributed by atoms with Crippen LogP contribution in [0.15, 0.2) is 18.3 Å². The fourth-order valence-electron chi connectivity index (χ4n) is 3.37. The van der Waals surface area contributed by atoms with E-state index >= 15 is 0 Å². The van der Waals surface area contributed by atoms with Gasteiger partial charge in [-0.3, -0.25) is 9.59 Å². The van der Waals surface area contributed by atoms with Crippen molar-refractivity contribution >= 4 is 29.4 Å². The Kier molecular flexibility index (Phi) is 4.13. The number of likely N-dealkylation sites (tertiary alicyclic amines) is 1. The van der Waals surface area contributed by atoms with Crippen LogP contribution in [0.3, 0.4) is 0 Å². The quantitative estimate of drug-likeness (QED) is 0.781. The minimum absolute atomic E-state index is 0.0421. The molecule has 3 N–H and O–H groups in total. The standard InChI is InChI=1S/C16H20N4O4/c1-10(21)18-13-3-2-11(9-17-13)19-14(22)12-8-16(12)4-6-20(7-5-16)15(23)24/h2-3,9,12H,4-8H2,1H3,(H,19,22)(H,23,24)(H,17,18,21)/t12-/m1/s1. The molecule has 1 aromatic heterocycles. The number of carboxylic acid groups (broad SMARTS) is 1. The first-order valence-corrected chi connectivity index (χ1v) is 7.92. The van der Waals surface area contributed by atoms with Gasteiger partial charge in [-0.1, -0.05) is 0 Å². The SMILES string of the molecule is CC(=O)Nc1ccc(NC(=O)[C@H]2CC23CCN(C(=O)O)CC3)cn1. The van der Waals surface area contributed by atoms with E-state index in [-0.39, 0.29) is 23.1 Å². The van der Waals surface area contributed by atoms with E-state index in [0.29, 0.717) is 24.6 Å². The van der Waals surface area contributed by atoms with Crippen molar-refractivity contribution in [3.05, 3.63) is 18.3 Å². The number of amides is 3. The van der Waals surface area contributed by atoms with Crippen molar-refractivity contribution in [3.63, 3.8) is 0 Å². The predicted octanol–water partition coefficient (Wildman–Crippen LogP) is 1.76. The number of pyridine rings is 1. The van der Waals surface area contributed by atoms with E-state index in [0.717, 1.165) is 19.3 Å². The largest absolute Gasteiger partial charge is 0.465 e. The summed E-state index contributed by atoms with van der Waals surface area (Å²) in [5.41, 5.74) is 0.540. The van der Waals surface area contributed by atoms with Gasteiger partial charge >= 0.3 is 6.09 Å². The van der Waals surface area contributed by atoms with E-state index in [9.17, 15) is 14.4 Å². The molecule has 1 atom stereocenters. The highest BCUT2D eigenvalue weighted by Gasteiger charge is 2.58. The molecule has 3 rings (SSSR count). The molecular formula is C16H20N4O4. The smallest absolute Gasteiger partial charge is 0.407 e. The summed E-state index contributed by atoms with van der Waals surface area (Å²) in [5, 5.41) is 14.4. The zero-order chi connectivity index (χ0) is 17.3. The Morgan fingerprint density at radius 1 is 1.25 bits per heavy atom. The summed E-state index contributed by atoms with van der Waals surface area (Å²) in [6.07, 6.45) is 2.89. The molecule has 1 spiro atoms. The summed E-state index contributed by atoms with van der Waals surface area (Å²) in [4.78, 5) is 39.8. The van der Waals surface area contributed by atoms with Gasteiger partial charge in [-0.25, -0.2) is 9.78 Å². The second-order valence-corrected chi connectivity index (χ2v) is 6.49. The van der Waals surface area contributed by atoms with Crippen LogP contribution in [0, 0.1) is 11.3 Å². The van der Waals surface area contributed by atoms with Crippen LogP contribution >= 0.6 is 0 Å². The molecule has 24 heavy (non-hydrogen) atoms. The summed E-state index contributed by atoms with van der Waals surface area (Å²) >= 11 is 0. The molecule has 0 unspecified atom stereocenters. The van der Waals surface area contributed by atoms with Crippen LogP contribution in [0.5, 0.6) is 0 Å². The monoisotopic (exact) mass is 332 g/mol. The lowest BCUT2D eigenvalue weighted by Crippen LogP contribution is -2.39. The number of nitrogens with zero attached hydrogens (tertiary/aromatic N) is 2. The van der Waals surface area contributed by atoms with Gasteiger partial charge in [0.1, 0.15) is 5.82 Å². The molecule has 0 radical (unpaired) electrons. The van der Waals surface area contributed by atoms with Crippen LogP contribution < -0.4 is 10.6 Å². The molecule has 1 saturated carbocycles. The Morgan fingerprint density at radius 2 is 1.96 bits per heavy atom. The summed E-state index contributed by atoms with van der Waals surface area (Å²) in [5.74, 6) is 0.118. The van der Waals surface area contributed by atoms with Crippen molar-refractivity contribution < 1.29 is 19.5 Å². The lowest BCUT2D eigenvalue weighted by atomic mass is 9.91. The lowest BCUT2D eigenvalue weighted by Gasteiger charge is -2.30. The highest BCUT2D eigenvalue weighted by Crippen LogP contribution is 2.59. The van der Waals surface area contributed by atoms with Crippen LogP contribution in [0.2, 0.25) is 0 Å². The maximum absolute atomic E-state index is 12.4. The second-order valence-electron chi connectivity index (χ2n) is 6.49. The zero-order valence-electron chi connectivity index (χ0n) is 13.4. The lowest BCUT2D eigenvalue weighted by molar-refractivity contribution is -0.118. The highest BCUT2D eigenvalue weighted by atomic mass is 16.4. The zero-order valence-corrected chi connectivity index (χ0v) is 13.4. The minimum atomic E-state index is -0.892. The molecule has 1 aliphatic carbocycles. The molecule has 3 amide bonds. The third-order valence-electron chi connectivity index (χ3n) is 4.87. The van der Waals surface area contributed by atoms with Gasteiger partial charge in [0.25, 0.3) is 0 Å². The van der Waals surface area contributed by atoms with E-state index in [1.165, 1.54) is 18.0 Å². The number of hydrogen-bond donors (Lipinski definition) is 3. The number of anilines is 2. The number of hydrogen-bond acceptors (Lipinski definition) is 4. The maximum Gasteiger partial charge on any atom is 0.407 e. The molecule has 0 aromatic carbocycles. The van der Waals surface area contributed by atoms with Gasteiger partial charge in [0.05, 0.1) is 11.9 Å². The summed E-state index contributed by atoms with van der Waals surface area (Å²) in [6, 6.07) is 3.32. The van der Waals surface area contributed by atoms with Crippen LogP contribution in [0.1, 0.15) is 26.2 Å². The van der Waals surface area contributed by atoms with Crippen LogP contribution in [-0.2, 0) is 9.59 Å².